The molecule has 0 atom stereocenters. The molecule has 1 aromatic heterocycles. The van der Waals surface area contributed by atoms with Gasteiger partial charge in [0.2, 0.25) is 0 Å². The molecule has 0 fully saturated rings. The molecule has 0 aliphatic rings. The second kappa shape index (κ2) is 8.18. The fraction of sp³-hybridized carbons (Fsp3) is 0.250. The van der Waals surface area contributed by atoms with Gasteiger partial charge in [-0.2, -0.15) is 0 Å². The molecular formula is C20H22N2OS. The van der Waals surface area contributed by atoms with E-state index in [0.717, 1.165) is 23.1 Å². The van der Waals surface area contributed by atoms with Crippen LogP contribution in [0, 0.1) is 6.92 Å². The van der Waals surface area contributed by atoms with Crippen LogP contribution < -0.4 is 0 Å². The van der Waals surface area contributed by atoms with Gasteiger partial charge >= 0.3 is 0 Å². The van der Waals surface area contributed by atoms with Gasteiger partial charge in [0.15, 0.2) is 5.16 Å². The maximum Gasteiger partial charge on any atom is 0.168 e. The van der Waals surface area contributed by atoms with E-state index in [1.165, 1.54) is 16.7 Å². The Kier molecular flexibility index (Phi) is 5.72. The number of hydrogen-bond acceptors (Lipinski definition) is 3. The highest BCUT2D eigenvalue weighted by Gasteiger charge is 2.12. The summed E-state index contributed by atoms with van der Waals surface area (Å²) in [5.41, 5.74) is 4.90. The molecule has 0 saturated carbocycles. The molecule has 4 heteroatoms. The molecule has 0 unspecified atom stereocenters. The number of methoxy groups -OCH3 is 1. The van der Waals surface area contributed by atoms with Crippen molar-refractivity contribution in [2.24, 2.45) is 0 Å². The van der Waals surface area contributed by atoms with Crippen molar-refractivity contribution in [1.29, 1.82) is 0 Å². The maximum atomic E-state index is 5.29. The standard InChI is InChI=1S/C20H22N2OS/c1-16-8-10-18(11-9-16)19-14-21-20(22(19)12-13-23-2)24-15-17-6-4-3-5-7-17/h3-11,14H,12-13,15H2,1-2H3. The lowest BCUT2D eigenvalue weighted by Crippen LogP contribution is -2.07. The molecule has 0 saturated heterocycles. The fourth-order valence-corrected chi connectivity index (χ4v) is 3.51. The van der Waals surface area contributed by atoms with Crippen LogP contribution in [-0.4, -0.2) is 23.3 Å². The summed E-state index contributed by atoms with van der Waals surface area (Å²) in [5, 5.41) is 1.03. The molecule has 3 nitrogen and oxygen atoms in total. The predicted molar refractivity (Wildman–Crippen MR) is 100 cm³/mol. The Balaban J connectivity index is 1.84. The van der Waals surface area contributed by atoms with E-state index in [1.807, 2.05) is 12.3 Å². The second-order valence-electron chi connectivity index (χ2n) is 5.71. The zero-order valence-corrected chi connectivity index (χ0v) is 14.9. The van der Waals surface area contributed by atoms with E-state index in [-0.39, 0.29) is 0 Å². The zero-order chi connectivity index (χ0) is 16.8. The highest BCUT2D eigenvalue weighted by molar-refractivity contribution is 7.98. The minimum absolute atomic E-state index is 0.675. The third kappa shape index (κ3) is 4.08. The first kappa shape index (κ1) is 16.8. The highest BCUT2D eigenvalue weighted by Crippen LogP contribution is 2.28. The lowest BCUT2D eigenvalue weighted by molar-refractivity contribution is 0.185. The number of imidazole rings is 1. The van der Waals surface area contributed by atoms with Gasteiger partial charge in [0.1, 0.15) is 0 Å². The third-order valence-corrected chi connectivity index (χ3v) is 4.96. The summed E-state index contributed by atoms with van der Waals surface area (Å²) in [6.45, 7) is 3.58. The highest BCUT2D eigenvalue weighted by atomic mass is 32.2. The van der Waals surface area contributed by atoms with Gasteiger partial charge in [0, 0.05) is 19.4 Å². The van der Waals surface area contributed by atoms with Crippen LogP contribution in [0.15, 0.2) is 66.0 Å². The number of nitrogens with zero attached hydrogens (tertiary/aromatic N) is 2. The lowest BCUT2D eigenvalue weighted by Gasteiger charge is -2.11. The molecule has 1 heterocycles. The second-order valence-corrected chi connectivity index (χ2v) is 6.65. The van der Waals surface area contributed by atoms with Gasteiger partial charge < -0.3 is 9.30 Å². The van der Waals surface area contributed by atoms with Crippen molar-refractivity contribution in [2.75, 3.05) is 13.7 Å². The molecule has 0 radical (unpaired) electrons. The van der Waals surface area contributed by atoms with Gasteiger partial charge in [0.25, 0.3) is 0 Å². The number of hydrogen-bond donors (Lipinski definition) is 0. The molecule has 0 spiro atoms. The topological polar surface area (TPSA) is 27.1 Å². The van der Waals surface area contributed by atoms with Gasteiger partial charge in [-0.3, -0.25) is 0 Å². The van der Waals surface area contributed by atoms with Crippen LogP contribution in [0.1, 0.15) is 11.1 Å². The van der Waals surface area contributed by atoms with Crippen molar-refractivity contribution in [1.82, 2.24) is 9.55 Å². The van der Waals surface area contributed by atoms with E-state index in [0.29, 0.717) is 6.61 Å². The Hall–Kier alpha value is -2.04. The zero-order valence-electron chi connectivity index (χ0n) is 14.1. The van der Waals surface area contributed by atoms with Crippen molar-refractivity contribution in [2.45, 2.75) is 24.4 Å². The summed E-state index contributed by atoms with van der Waals surface area (Å²) in [6.07, 6.45) is 1.97. The van der Waals surface area contributed by atoms with Crippen LogP contribution in [0.4, 0.5) is 0 Å². The number of aryl methyl sites for hydroxylation is 1. The number of thioether (sulfide) groups is 1. The Morgan fingerprint density at radius 2 is 1.79 bits per heavy atom. The molecule has 2 aromatic carbocycles. The first-order valence-electron chi connectivity index (χ1n) is 8.06. The Morgan fingerprint density at radius 3 is 2.50 bits per heavy atom. The first-order valence-corrected chi connectivity index (χ1v) is 9.04. The maximum absolute atomic E-state index is 5.29. The molecule has 3 aromatic rings. The quantitative estimate of drug-likeness (QED) is 0.579. The van der Waals surface area contributed by atoms with Crippen LogP contribution in [0.3, 0.4) is 0 Å². The van der Waals surface area contributed by atoms with E-state index >= 15 is 0 Å². The molecule has 0 N–H and O–H groups in total. The first-order chi connectivity index (χ1) is 11.8. The van der Waals surface area contributed by atoms with Gasteiger partial charge in [0.05, 0.1) is 18.5 Å². The molecule has 0 aliphatic carbocycles. The average Bonchev–Trinajstić information content (AvgIpc) is 3.02. The summed E-state index contributed by atoms with van der Waals surface area (Å²) in [5.74, 6) is 0.915. The lowest BCUT2D eigenvalue weighted by atomic mass is 10.1. The monoisotopic (exact) mass is 338 g/mol. The largest absolute Gasteiger partial charge is 0.383 e. The van der Waals surface area contributed by atoms with Crippen molar-refractivity contribution in [3.63, 3.8) is 0 Å². The van der Waals surface area contributed by atoms with Crippen LogP contribution >= 0.6 is 11.8 Å². The Bertz CT molecular complexity index is 766. The summed E-state index contributed by atoms with van der Waals surface area (Å²) < 4.78 is 7.54. The van der Waals surface area contributed by atoms with E-state index < -0.39 is 0 Å². The molecule has 0 bridgehead atoms. The van der Waals surface area contributed by atoms with E-state index in [4.69, 9.17) is 4.74 Å². The van der Waals surface area contributed by atoms with Gasteiger partial charge in [-0.05, 0) is 18.1 Å². The molecule has 24 heavy (non-hydrogen) atoms. The van der Waals surface area contributed by atoms with Gasteiger partial charge in [-0.1, -0.05) is 71.9 Å². The van der Waals surface area contributed by atoms with Gasteiger partial charge in [-0.25, -0.2) is 4.98 Å². The summed E-state index contributed by atoms with van der Waals surface area (Å²) in [7, 11) is 1.74. The number of aromatic nitrogens is 2. The normalized spacial score (nSPS) is 10.9. The minimum Gasteiger partial charge on any atom is -0.383 e. The number of ether oxygens (including phenoxy) is 1. The minimum atomic E-state index is 0.675. The smallest absolute Gasteiger partial charge is 0.168 e. The Labute approximate surface area is 147 Å². The predicted octanol–water partition coefficient (Wildman–Crippen LogP) is 4.80. The number of rotatable bonds is 7. The van der Waals surface area contributed by atoms with E-state index in [9.17, 15) is 0 Å². The number of benzene rings is 2. The summed E-state index contributed by atoms with van der Waals surface area (Å²) in [6, 6.07) is 19.1. The summed E-state index contributed by atoms with van der Waals surface area (Å²) >= 11 is 1.77. The van der Waals surface area contributed by atoms with Crippen molar-refractivity contribution >= 4 is 11.8 Å². The molecule has 0 aliphatic heterocycles. The van der Waals surface area contributed by atoms with Crippen molar-refractivity contribution in [3.8, 4) is 11.3 Å². The van der Waals surface area contributed by atoms with E-state index in [1.54, 1.807) is 18.9 Å². The van der Waals surface area contributed by atoms with Crippen LogP contribution in [0.5, 0.6) is 0 Å². The fourth-order valence-electron chi connectivity index (χ4n) is 2.55. The molecule has 124 valence electrons. The molecule has 0 amide bonds. The van der Waals surface area contributed by atoms with Crippen LogP contribution in [0.2, 0.25) is 0 Å². The van der Waals surface area contributed by atoms with Crippen molar-refractivity contribution < 1.29 is 4.74 Å². The van der Waals surface area contributed by atoms with E-state index in [2.05, 4.69) is 65.0 Å². The average molecular weight is 338 g/mol. The van der Waals surface area contributed by atoms with Crippen molar-refractivity contribution in [3.05, 3.63) is 71.9 Å². The SMILES string of the molecule is COCCn1c(-c2ccc(C)cc2)cnc1SCc1ccccc1. The summed E-state index contributed by atoms with van der Waals surface area (Å²) in [4.78, 5) is 4.65. The van der Waals surface area contributed by atoms with Crippen LogP contribution in [0.25, 0.3) is 11.3 Å². The molecular weight excluding hydrogens is 316 g/mol. The Morgan fingerprint density at radius 1 is 1.04 bits per heavy atom. The van der Waals surface area contributed by atoms with Gasteiger partial charge in [-0.15, -0.1) is 0 Å². The molecule has 3 rings (SSSR count). The van der Waals surface area contributed by atoms with Crippen LogP contribution in [-0.2, 0) is 17.0 Å². The third-order valence-electron chi connectivity index (χ3n) is 3.90.